The summed E-state index contributed by atoms with van der Waals surface area (Å²) in [4.78, 5) is 12.0. The number of halogens is 3. The van der Waals surface area contributed by atoms with Crippen molar-refractivity contribution in [2.75, 3.05) is 6.54 Å². The van der Waals surface area contributed by atoms with Crippen LogP contribution in [0.1, 0.15) is 22.0 Å². The zero-order chi connectivity index (χ0) is 15.4. The van der Waals surface area contributed by atoms with E-state index in [-0.39, 0.29) is 12.5 Å². The Hall–Kier alpha value is -1.07. The van der Waals surface area contributed by atoms with Crippen LogP contribution < -0.4 is 5.32 Å². The summed E-state index contributed by atoms with van der Waals surface area (Å²) in [7, 11) is 0. The number of nitrogens with one attached hydrogen (secondary N) is 1. The minimum absolute atomic E-state index is 0.0622. The summed E-state index contributed by atoms with van der Waals surface area (Å²) in [5.74, 6) is -0.263. The van der Waals surface area contributed by atoms with Gasteiger partial charge in [0, 0.05) is 32.2 Å². The van der Waals surface area contributed by atoms with E-state index in [9.17, 15) is 9.90 Å². The second kappa shape index (κ2) is 7.27. The highest BCUT2D eigenvalue weighted by Gasteiger charge is 2.14. The first-order valence-electron chi connectivity index (χ1n) is 6.14. The van der Waals surface area contributed by atoms with Crippen molar-refractivity contribution in [2.24, 2.45) is 0 Å². The Morgan fingerprint density at radius 1 is 1.24 bits per heavy atom. The Kier molecular flexibility index (Phi) is 5.65. The Balaban J connectivity index is 2.00. The van der Waals surface area contributed by atoms with Crippen LogP contribution >= 0.6 is 39.1 Å². The third-order valence-electron chi connectivity index (χ3n) is 2.86. The minimum Gasteiger partial charge on any atom is -0.387 e. The van der Waals surface area contributed by atoms with E-state index in [1.807, 2.05) is 6.07 Å². The second-order valence-corrected chi connectivity index (χ2v) is 6.16. The molecule has 0 heterocycles. The summed E-state index contributed by atoms with van der Waals surface area (Å²) in [6.07, 6.45) is -0.897. The molecule has 0 aromatic heterocycles. The first-order chi connectivity index (χ1) is 9.97. The van der Waals surface area contributed by atoms with E-state index in [1.54, 1.807) is 36.4 Å². The number of aliphatic hydroxyl groups is 1. The van der Waals surface area contributed by atoms with Gasteiger partial charge in [0.2, 0.25) is 0 Å². The third kappa shape index (κ3) is 4.45. The van der Waals surface area contributed by atoms with Gasteiger partial charge in [0.1, 0.15) is 0 Å². The van der Waals surface area contributed by atoms with Crippen LogP contribution in [0.25, 0.3) is 0 Å². The molecular weight excluding hydrogens is 377 g/mol. The van der Waals surface area contributed by atoms with Gasteiger partial charge < -0.3 is 10.4 Å². The van der Waals surface area contributed by atoms with Crippen LogP contribution in [0.3, 0.4) is 0 Å². The quantitative estimate of drug-likeness (QED) is 0.823. The third-order valence-corrected chi connectivity index (χ3v) is 3.92. The maximum absolute atomic E-state index is 12.0. The smallest absolute Gasteiger partial charge is 0.251 e. The van der Waals surface area contributed by atoms with Gasteiger partial charge in [-0.25, -0.2) is 0 Å². The molecular formula is C15H12BrCl2NO2. The highest BCUT2D eigenvalue weighted by molar-refractivity contribution is 9.10. The topological polar surface area (TPSA) is 49.3 Å². The van der Waals surface area contributed by atoms with E-state index < -0.39 is 6.10 Å². The van der Waals surface area contributed by atoms with E-state index in [4.69, 9.17) is 23.2 Å². The molecule has 110 valence electrons. The molecule has 1 atom stereocenters. The van der Waals surface area contributed by atoms with E-state index >= 15 is 0 Å². The molecule has 0 radical (unpaired) electrons. The molecule has 1 amide bonds. The van der Waals surface area contributed by atoms with Crippen LogP contribution in [0.2, 0.25) is 10.0 Å². The molecule has 0 aliphatic heterocycles. The summed E-state index contributed by atoms with van der Waals surface area (Å²) < 4.78 is 0.816. The normalized spacial score (nSPS) is 12.0. The van der Waals surface area contributed by atoms with Crippen molar-refractivity contribution in [2.45, 2.75) is 6.10 Å². The van der Waals surface area contributed by atoms with Crippen molar-refractivity contribution in [1.29, 1.82) is 0 Å². The average Bonchev–Trinajstić information content (AvgIpc) is 2.44. The predicted octanol–water partition coefficient (Wildman–Crippen LogP) is 4.22. The van der Waals surface area contributed by atoms with Gasteiger partial charge in [-0.15, -0.1) is 0 Å². The summed E-state index contributed by atoms with van der Waals surface area (Å²) in [5.41, 5.74) is 1.04. The summed E-state index contributed by atoms with van der Waals surface area (Å²) in [6.45, 7) is 0.0622. The maximum Gasteiger partial charge on any atom is 0.251 e. The maximum atomic E-state index is 12.0. The number of aliphatic hydroxyl groups excluding tert-OH is 1. The molecule has 2 rings (SSSR count). The summed E-state index contributed by atoms with van der Waals surface area (Å²) in [5, 5.41) is 13.6. The van der Waals surface area contributed by atoms with Crippen molar-refractivity contribution >= 4 is 45.0 Å². The fraction of sp³-hybridized carbons (Fsp3) is 0.133. The van der Waals surface area contributed by atoms with Gasteiger partial charge in [-0.05, 0) is 30.3 Å². The van der Waals surface area contributed by atoms with Crippen LogP contribution in [-0.2, 0) is 0 Å². The molecule has 0 aliphatic carbocycles. The molecule has 2 N–H and O–H groups in total. The lowest BCUT2D eigenvalue weighted by molar-refractivity contribution is 0.0916. The van der Waals surface area contributed by atoms with Gasteiger partial charge in [-0.3, -0.25) is 4.79 Å². The Bertz CT molecular complexity index is 664. The van der Waals surface area contributed by atoms with Crippen LogP contribution in [0, 0.1) is 0 Å². The van der Waals surface area contributed by atoms with E-state index in [0.29, 0.717) is 21.2 Å². The van der Waals surface area contributed by atoms with E-state index in [0.717, 1.165) is 4.47 Å². The molecule has 0 aliphatic rings. The van der Waals surface area contributed by atoms with Crippen LogP contribution in [0.15, 0.2) is 46.9 Å². The lowest BCUT2D eigenvalue weighted by atomic mass is 10.1. The zero-order valence-corrected chi connectivity index (χ0v) is 13.9. The first kappa shape index (κ1) is 16.3. The van der Waals surface area contributed by atoms with E-state index in [1.165, 1.54) is 0 Å². The lowest BCUT2D eigenvalue weighted by Crippen LogP contribution is -2.28. The molecule has 0 bridgehead atoms. The number of benzene rings is 2. The van der Waals surface area contributed by atoms with Gasteiger partial charge in [-0.2, -0.15) is 0 Å². The summed E-state index contributed by atoms with van der Waals surface area (Å²) in [6, 6.07) is 11.8. The summed E-state index contributed by atoms with van der Waals surface area (Å²) >= 11 is 15.1. The molecule has 3 nitrogen and oxygen atoms in total. The SMILES string of the molecule is O=C(NCC(O)c1ccc(Cl)cc1Cl)c1cccc(Br)c1. The van der Waals surface area contributed by atoms with Crippen molar-refractivity contribution in [3.63, 3.8) is 0 Å². The molecule has 21 heavy (non-hydrogen) atoms. The van der Waals surface area contributed by atoms with Gasteiger partial charge in [0.15, 0.2) is 0 Å². The average molecular weight is 389 g/mol. The van der Waals surface area contributed by atoms with Gasteiger partial charge >= 0.3 is 0 Å². The molecule has 1 unspecified atom stereocenters. The Morgan fingerprint density at radius 2 is 2.00 bits per heavy atom. The first-order valence-corrected chi connectivity index (χ1v) is 7.69. The lowest BCUT2D eigenvalue weighted by Gasteiger charge is -2.14. The highest BCUT2D eigenvalue weighted by atomic mass is 79.9. The van der Waals surface area contributed by atoms with Crippen molar-refractivity contribution in [1.82, 2.24) is 5.32 Å². The number of carbonyl (C=O) groups is 1. The number of hydrogen-bond donors (Lipinski definition) is 2. The highest BCUT2D eigenvalue weighted by Crippen LogP contribution is 2.26. The molecule has 6 heteroatoms. The molecule has 2 aromatic carbocycles. The predicted molar refractivity (Wildman–Crippen MR) is 87.9 cm³/mol. The van der Waals surface area contributed by atoms with Crippen LogP contribution in [-0.4, -0.2) is 17.6 Å². The van der Waals surface area contributed by atoms with Gasteiger partial charge in [0.25, 0.3) is 5.91 Å². The van der Waals surface area contributed by atoms with Crippen LogP contribution in [0.5, 0.6) is 0 Å². The fourth-order valence-corrected chi connectivity index (χ4v) is 2.74. The molecule has 0 spiro atoms. The molecule has 0 saturated heterocycles. The number of hydrogen-bond acceptors (Lipinski definition) is 2. The van der Waals surface area contributed by atoms with Crippen molar-refractivity contribution < 1.29 is 9.90 Å². The van der Waals surface area contributed by atoms with E-state index in [2.05, 4.69) is 21.2 Å². The number of carbonyl (C=O) groups excluding carboxylic acids is 1. The molecule has 0 saturated carbocycles. The largest absolute Gasteiger partial charge is 0.387 e. The molecule has 0 fully saturated rings. The number of amides is 1. The van der Waals surface area contributed by atoms with Crippen molar-refractivity contribution in [3.05, 3.63) is 68.1 Å². The fourth-order valence-electron chi connectivity index (χ4n) is 1.80. The minimum atomic E-state index is -0.897. The number of rotatable bonds is 4. The van der Waals surface area contributed by atoms with Gasteiger partial charge in [0.05, 0.1) is 6.10 Å². The monoisotopic (exact) mass is 387 g/mol. The molecule has 2 aromatic rings. The zero-order valence-electron chi connectivity index (χ0n) is 10.8. The Morgan fingerprint density at radius 3 is 2.67 bits per heavy atom. The Labute approximate surface area is 141 Å². The second-order valence-electron chi connectivity index (χ2n) is 4.40. The standard InChI is InChI=1S/C15H12BrCl2NO2/c16-10-3-1-2-9(6-10)15(21)19-8-14(20)12-5-4-11(17)7-13(12)18/h1-7,14,20H,8H2,(H,19,21). The van der Waals surface area contributed by atoms with Gasteiger partial charge in [-0.1, -0.05) is 51.3 Å². The van der Waals surface area contributed by atoms with Crippen LogP contribution in [0.4, 0.5) is 0 Å². The van der Waals surface area contributed by atoms with Crippen molar-refractivity contribution in [3.8, 4) is 0 Å².